The number of hydrogen-bond donors (Lipinski definition) is 1. The van der Waals surface area contributed by atoms with E-state index in [2.05, 4.69) is 5.32 Å². The van der Waals surface area contributed by atoms with E-state index in [0.717, 1.165) is 30.0 Å². The van der Waals surface area contributed by atoms with Crippen LogP contribution in [0.25, 0.3) is 0 Å². The fourth-order valence-electron chi connectivity index (χ4n) is 5.02. The Bertz CT molecular complexity index is 1460. The van der Waals surface area contributed by atoms with Crippen molar-refractivity contribution in [3.8, 4) is 0 Å². The Morgan fingerprint density at radius 2 is 1.56 bits per heavy atom. The summed E-state index contributed by atoms with van der Waals surface area (Å²) in [6.45, 7) is 1.15. The largest absolute Gasteiger partial charge is 0.352 e. The van der Waals surface area contributed by atoms with Crippen LogP contribution in [-0.2, 0) is 26.2 Å². The first-order chi connectivity index (χ1) is 19.6. The summed E-state index contributed by atoms with van der Waals surface area (Å²) in [5.41, 5.74) is 0.686. The van der Waals surface area contributed by atoms with E-state index in [-0.39, 0.29) is 29.1 Å². The topological polar surface area (TPSA) is 86.8 Å². The highest BCUT2D eigenvalue weighted by molar-refractivity contribution is 7.92. The lowest BCUT2D eigenvalue weighted by Crippen LogP contribution is -2.53. The molecule has 1 aliphatic rings. The van der Waals surface area contributed by atoms with Crippen LogP contribution in [0.5, 0.6) is 0 Å². The van der Waals surface area contributed by atoms with E-state index in [0.29, 0.717) is 27.1 Å². The minimum absolute atomic E-state index is 0.0134. The third-order valence-corrected chi connectivity index (χ3v) is 9.92. The molecule has 0 bridgehead atoms. The average Bonchev–Trinajstić information content (AvgIpc) is 3.46. The Morgan fingerprint density at radius 1 is 0.927 bits per heavy atom. The first-order valence-corrected chi connectivity index (χ1v) is 16.0. The predicted molar refractivity (Wildman–Crippen MR) is 164 cm³/mol. The van der Waals surface area contributed by atoms with Gasteiger partial charge in [0.2, 0.25) is 11.8 Å². The highest BCUT2D eigenvalue weighted by Gasteiger charge is 2.35. The molecule has 4 rings (SSSR count). The summed E-state index contributed by atoms with van der Waals surface area (Å²) in [6, 6.07) is 18.3. The maximum absolute atomic E-state index is 14.2. The summed E-state index contributed by atoms with van der Waals surface area (Å²) in [4.78, 5) is 29.1. The second-order valence-corrected chi connectivity index (χ2v) is 13.1. The van der Waals surface area contributed by atoms with Gasteiger partial charge < -0.3 is 10.2 Å². The molecule has 0 radical (unpaired) electrons. The van der Waals surface area contributed by atoms with Crippen molar-refractivity contribution in [2.75, 3.05) is 10.8 Å². The Labute approximate surface area is 256 Å². The number of nitrogens with zero attached hydrogens (tertiary/aromatic N) is 2. The van der Waals surface area contributed by atoms with Crippen molar-refractivity contribution in [2.24, 2.45) is 0 Å². The van der Waals surface area contributed by atoms with Gasteiger partial charge in [0.15, 0.2) is 0 Å². The maximum atomic E-state index is 14.2. The molecule has 3 aromatic rings. The quantitative estimate of drug-likeness (QED) is 0.254. The maximum Gasteiger partial charge on any atom is 0.264 e. The number of carbonyl (C=O) groups excluding carboxylic acids is 2. The molecule has 1 saturated carbocycles. The van der Waals surface area contributed by atoms with Gasteiger partial charge in [-0.25, -0.2) is 8.42 Å². The van der Waals surface area contributed by atoms with Gasteiger partial charge in [-0.05, 0) is 61.7 Å². The van der Waals surface area contributed by atoms with Crippen molar-refractivity contribution in [1.29, 1.82) is 0 Å². The van der Waals surface area contributed by atoms with Crippen LogP contribution in [0.2, 0.25) is 15.1 Å². The van der Waals surface area contributed by atoms with E-state index in [1.54, 1.807) is 54.6 Å². The molecular formula is C30H32Cl3N3O4S. The van der Waals surface area contributed by atoms with Crippen LogP contribution in [0.1, 0.15) is 44.6 Å². The minimum Gasteiger partial charge on any atom is -0.352 e. The molecule has 0 aliphatic heterocycles. The molecule has 0 heterocycles. The molecule has 1 N–H and O–H groups in total. The Hall–Kier alpha value is -2.78. The summed E-state index contributed by atoms with van der Waals surface area (Å²) >= 11 is 19.2. The van der Waals surface area contributed by atoms with E-state index < -0.39 is 28.5 Å². The Morgan fingerprint density at radius 3 is 2.17 bits per heavy atom. The molecule has 1 unspecified atom stereocenters. The lowest BCUT2D eigenvalue weighted by atomic mass is 10.1. The monoisotopic (exact) mass is 635 g/mol. The smallest absolute Gasteiger partial charge is 0.264 e. The van der Waals surface area contributed by atoms with Crippen LogP contribution in [0.4, 0.5) is 5.69 Å². The number of nitrogens with one attached hydrogen (secondary N) is 1. The van der Waals surface area contributed by atoms with Gasteiger partial charge in [-0.2, -0.15) is 0 Å². The fraction of sp³-hybridized carbons (Fsp3) is 0.333. The fourth-order valence-corrected chi connectivity index (χ4v) is 7.15. The van der Waals surface area contributed by atoms with Crippen LogP contribution in [-0.4, -0.2) is 43.8 Å². The third-order valence-electron chi connectivity index (χ3n) is 7.18. The Balaban J connectivity index is 1.74. The van der Waals surface area contributed by atoms with Gasteiger partial charge in [-0.1, -0.05) is 84.9 Å². The van der Waals surface area contributed by atoms with Gasteiger partial charge in [-0.15, -0.1) is 0 Å². The van der Waals surface area contributed by atoms with Gasteiger partial charge in [0.05, 0.1) is 10.6 Å². The number of carbonyl (C=O) groups is 2. The number of benzene rings is 3. The van der Waals surface area contributed by atoms with Gasteiger partial charge in [0.1, 0.15) is 12.6 Å². The van der Waals surface area contributed by atoms with Crippen LogP contribution < -0.4 is 9.62 Å². The molecule has 1 atom stereocenters. The van der Waals surface area contributed by atoms with Crippen molar-refractivity contribution in [3.05, 3.63) is 93.4 Å². The number of amides is 2. The van der Waals surface area contributed by atoms with Crippen molar-refractivity contribution in [1.82, 2.24) is 10.2 Å². The van der Waals surface area contributed by atoms with E-state index in [1.807, 2.05) is 6.92 Å². The summed E-state index contributed by atoms with van der Waals surface area (Å²) in [6.07, 6.45) is 4.13. The highest BCUT2D eigenvalue weighted by atomic mass is 35.5. The second-order valence-electron chi connectivity index (χ2n) is 9.94. The molecule has 3 aromatic carbocycles. The number of sulfonamides is 1. The van der Waals surface area contributed by atoms with E-state index in [1.165, 1.54) is 23.1 Å². The molecule has 0 spiro atoms. The zero-order valence-corrected chi connectivity index (χ0v) is 25.7. The van der Waals surface area contributed by atoms with Crippen molar-refractivity contribution >= 4 is 62.3 Å². The lowest BCUT2D eigenvalue weighted by molar-refractivity contribution is -0.140. The molecule has 1 aliphatic carbocycles. The van der Waals surface area contributed by atoms with E-state index >= 15 is 0 Å². The summed E-state index contributed by atoms with van der Waals surface area (Å²) in [7, 11) is -4.19. The summed E-state index contributed by atoms with van der Waals surface area (Å²) < 4.78 is 28.7. The lowest BCUT2D eigenvalue weighted by Gasteiger charge is -2.34. The van der Waals surface area contributed by atoms with Crippen LogP contribution in [0.15, 0.2) is 77.7 Å². The van der Waals surface area contributed by atoms with E-state index in [9.17, 15) is 18.0 Å². The molecule has 1 fully saturated rings. The Kier molecular flexibility index (Phi) is 10.6. The van der Waals surface area contributed by atoms with Crippen molar-refractivity contribution in [2.45, 2.75) is 62.6 Å². The molecule has 0 saturated heterocycles. The van der Waals surface area contributed by atoms with Gasteiger partial charge in [-0.3, -0.25) is 13.9 Å². The zero-order valence-electron chi connectivity index (χ0n) is 22.6. The number of halogens is 3. The molecular weight excluding hydrogens is 605 g/mol. The standard InChI is InChI=1S/C30H32Cl3N3O4S/c1-2-28(30(38)34-22-11-6-7-12-22)35(19-25-26(32)16-9-17-27(25)33)29(37)20-36(23-13-8-10-21(31)18-23)41(39,40)24-14-4-3-5-15-24/h3-5,8-10,13-18,22,28H,2,6-7,11-12,19-20H2,1H3,(H,34,38). The molecule has 0 aromatic heterocycles. The molecule has 11 heteroatoms. The highest BCUT2D eigenvalue weighted by Crippen LogP contribution is 2.30. The minimum atomic E-state index is -4.19. The summed E-state index contributed by atoms with van der Waals surface area (Å²) in [5.74, 6) is -0.884. The first-order valence-electron chi connectivity index (χ1n) is 13.5. The first kappa shape index (κ1) is 31.2. The molecule has 41 heavy (non-hydrogen) atoms. The van der Waals surface area contributed by atoms with Gasteiger partial charge in [0, 0.05) is 33.2 Å². The molecule has 2 amide bonds. The number of rotatable bonds is 11. The summed E-state index contributed by atoms with van der Waals surface area (Å²) in [5, 5.41) is 4.07. The average molecular weight is 637 g/mol. The third kappa shape index (κ3) is 7.55. The van der Waals surface area contributed by atoms with Crippen LogP contribution >= 0.6 is 34.8 Å². The predicted octanol–water partition coefficient (Wildman–Crippen LogP) is 6.71. The SMILES string of the molecule is CCC(C(=O)NC1CCCC1)N(Cc1c(Cl)cccc1Cl)C(=O)CN(c1cccc(Cl)c1)S(=O)(=O)c1ccccc1. The zero-order chi connectivity index (χ0) is 29.6. The van der Waals surface area contributed by atoms with Crippen molar-refractivity contribution in [3.63, 3.8) is 0 Å². The number of hydrogen-bond acceptors (Lipinski definition) is 4. The molecule has 218 valence electrons. The second kappa shape index (κ2) is 13.9. The molecule has 7 nitrogen and oxygen atoms in total. The van der Waals surface area contributed by atoms with Gasteiger partial charge >= 0.3 is 0 Å². The van der Waals surface area contributed by atoms with Gasteiger partial charge in [0.25, 0.3) is 10.0 Å². The normalized spacial score (nSPS) is 14.4. The van der Waals surface area contributed by atoms with Crippen LogP contribution in [0.3, 0.4) is 0 Å². The number of anilines is 1. The van der Waals surface area contributed by atoms with Crippen molar-refractivity contribution < 1.29 is 18.0 Å². The van der Waals surface area contributed by atoms with Crippen LogP contribution in [0, 0.1) is 0 Å². The van der Waals surface area contributed by atoms with E-state index in [4.69, 9.17) is 34.8 Å².